The summed E-state index contributed by atoms with van der Waals surface area (Å²) in [6, 6.07) is 0. The van der Waals surface area contributed by atoms with E-state index < -0.39 is 128 Å². The van der Waals surface area contributed by atoms with Crippen molar-refractivity contribution >= 4 is 5.97 Å². The average molecular weight is 929 g/mol. The predicted molar refractivity (Wildman–Crippen MR) is 226 cm³/mol. The molecule has 3 saturated heterocycles. The molecule has 4 saturated carbocycles. The lowest BCUT2D eigenvalue weighted by atomic mass is 9.33. The molecular formula is C47H76O18. The van der Waals surface area contributed by atoms with E-state index in [4.69, 9.17) is 28.4 Å². The summed E-state index contributed by atoms with van der Waals surface area (Å²) in [7, 11) is 0. The van der Waals surface area contributed by atoms with Crippen LogP contribution < -0.4 is 0 Å². The van der Waals surface area contributed by atoms with Crippen LogP contribution in [0.2, 0.25) is 0 Å². The van der Waals surface area contributed by atoms with E-state index >= 15 is 4.79 Å². The zero-order chi connectivity index (χ0) is 47.6. The SMILES string of the molecule is C[C@@H]1CC[C@]2(C(=O)O[C@@H]3O[C@H](CO[C@@H]4O[C@H](CO)[C@@H](O)[C@@H](O)[C@H]4O)[C@@H](O)[C@H](O)[C@H]3O)CC[C@]3(C)C(=CC[C@@H]4[C@@]5(C)CC[C@H](O[C@@H]6OC[C@@H](O)[C@H](O)[C@H]6O)C(C)(C)[C@@H]5CC[C@]43C)[C@@H]2[C@]1(C)O. The summed E-state index contributed by atoms with van der Waals surface area (Å²) in [5, 5.41) is 117. The zero-order valence-corrected chi connectivity index (χ0v) is 38.8. The number of carbonyl (C=O) groups excluding carboxylic acids is 1. The molecule has 0 aromatic carbocycles. The minimum Gasteiger partial charge on any atom is -0.432 e. The molecule has 11 N–H and O–H groups in total. The largest absolute Gasteiger partial charge is 0.432 e. The highest BCUT2D eigenvalue weighted by molar-refractivity contribution is 5.79. The Labute approximate surface area is 380 Å². The Morgan fingerprint density at radius 2 is 1.34 bits per heavy atom. The number of carbonyl (C=O) groups is 1. The fraction of sp³-hybridized carbons (Fsp3) is 0.936. The Balaban J connectivity index is 1.03. The fourth-order valence-corrected chi connectivity index (χ4v) is 14.9. The van der Waals surface area contributed by atoms with Crippen LogP contribution in [0.15, 0.2) is 11.6 Å². The molecule has 65 heavy (non-hydrogen) atoms. The van der Waals surface area contributed by atoms with Crippen molar-refractivity contribution in [1.29, 1.82) is 0 Å². The molecule has 18 nitrogen and oxygen atoms in total. The molecule has 18 heteroatoms. The fourth-order valence-electron chi connectivity index (χ4n) is 14.9. The van der Waals surface area contributed by atoms with Crippen molar-refractivity contribution < 1.29 is 89.4 Å². The first-order valence-electron chi connectivity index (χ1n) is 23.9. The van der Waals surface area contributed by atoms with Gasteiger partial charge in [0.05, 0.1) is 36.9 Å². The second-order valence-electron chi connectivity index (χ2n) is 22.7. The van der Waals surface area contributed by atoms with Gasteiger partial charge >= 0.3 is 5.97 Å². The van der Waals surface area contributed by atoms with Gasteiger partial charge in [0.15, 0.2) is 12.6 Å². The smallest absolute Gasteiger partial charge is 0.315 e. The molecular weight excluding hydrogens is 852 g/mol. The number of hydrogen-bond donors (Lipinski definition) is 11. The number of allylic oxidation sites excluding steroid dienone is 1. The molecule has 0 amide bonds. The lowest BCUT2D eigenvalue weighted by Gasteiger charge is -2.72. The van der Waals surface area contributed by atoms with E-state index in [1.807, 2.05) is 6.92 Å². The van der Waals surface area contributed by atoms with Crippen LogP contribution in [0.25, 0.3) is 0 Å². The van der Waals surface area contributed by atoms with Gasteiger partial charge in [-0.25, -0.2) is 0 Å². The highest BCUT2D eigenvalue weighted by Gasteiger charge is 2.72. The quantitative estimate of drug-likeness (QED) is 0.0850. The van der Waals surface area contributed by atoms with Crippen LogP contribution in [0.5, 0.6) is 0 Å². The lowest BCUT2D eigenvalue weighted by molar-refractivity contribution is -0.329. The van der Waals surface area contributed by atoms with Gasteiger partial charge in [-0.1, -0.05) is 53.2 Å². The third kappa shape index (κ3) is 7.62. The highest BCUT2D eigenvalue weighted by atomic mass is 16.7. The van der Waals surface area contributed by atoms with Crippen molar-refractivity contribution in [2.75, 3.05) is 19.8 Å². The maximum absolute atomic E-state index is 15.0. The van der Waals surface area contributed by atoms with Crippen LogP contribution in [-0.2, 0) is 33.2 Å². The summed E-state index contributed by atoms with van der Waals surface area (Å²) in [5.74, 6) is -1.07. The van der Waals surface area contributed by atoms with Gasteiger partial charge in [-0.15, -0.1) is 0 Å². The number of rotatable bonds is 8. The second kappa shape index (κ2) is 17.5. The van der Waals surface area contributed by atoms with Crippen LogP contribution in [0.4, 0.5) is 0 Å². The topological polar surface area (TPSA) is 295 Å². The minimum atomic E-state index is -1.86. The Morgan fingerprint density at radius 3 is 2.02 bits per heavy atom. The summed E-state index contributed by atoms with van der Waals surface area (Å²) in [6.45, 7) is 13.9. The van der Waals surface area contributed by atoms with Crippen LogP contribution in [0.3, 0.4) is 0 Å². The van der Waals surface area contributed by atoms with Crippen molar-refractivity contribution in [3.8, 4) is 0 Å². The minimum absolute atomic E-state index is 0.123. The van der Waals surface area contributed by atoms with E-state index in [0.717, 1.165) is 31.3 Å². The molecule has 5 aliphatic carbocycles. The number of aliphatic hydroxyl groups is 11. The maximum atomic E-state index is 15.0. The van der Waals surface area contributed by atoms with E-state index in [0.29, 0.717) is 32.1 Å². The predicted octanol–water partition coefficient (Wildman–Crippen LogP) is -0.250. The first kappa shape index (κ1) is 50.0. The third-order valence-corrected chi connectivity index (χ3v) is 19.3. The molecule has 372 valence electrons. The van der Waals surface area contributed by atoms with Gasteiger partial charge in [0.1, 0.15) is 67.1 Å². The second-order valence-corrected chi connectivity index (χ2v) is 22.7. The van der Waals surface area contributed by atoms with Crippen LogP contribution in [-0.4, -0.2) is 180 Å². The van der Waals surface area contributed by atoms with Crippen molar-refractivity contribution in [2.24, 2.45) is 50.7 Å². The molecule has 0 aromatic heterocycles. The number of esters is 1. The van der Waals surface area contributed by atoms with Crippen molar-refractivity contribution in [2.45, 2.75) is 204 Å². The molecule has 8 aliphatic rings. The van der Waals surface area contributed by atoms with Gasteiger partial charge < -0.3 is 84.6 Å². The third-order valence-electron chi connectivity index (χ3n) is 19.3. The highest BCUT2D eigenvalue weighted by Crippen LogP contribution is 2.76. The molecule has 24 atom stereocenters. The zero-order valence-electron chi connectivity index (χ0n) is 38.8. The summed E-state index contributed by atoms with van der Waals surface area (Å²) in [5.41, 5.74) is -2.67. The van der Waals surface area contributed by atoms with Crippen LogP contribution in [0.1, 0.15) is 106 Å². The summed E-state index contributed by atoms with van der Waals surface area (Å²) < 4.78 is 35.2. The van der Waals surface area contributed by atoms with Crippen molar-refractivity contribution in [3.05, 3.63) is 11.6 Å². The molecule has 3 heterocycles. The molecule has 0 unspecified atom stereocenters. The van der Waals surface area contributed by atoms with Crippen molar-refractivity contribution in [3.63, 3.8) is 0 Å². The Morgan fingerprint density at radius 1 is 0.708 bits per heavy atom. The van der Waals surface area contributed by atoms with Crippen LogP contribution >= 0.6 is 0 Å². The molecule has 7 fully saturated rings. The van der Waals surface area contributed by atoms with E-state index in [9.17, 15) is 56.2 Å². The normalized spacial score (nSPS) is 55.4. The number of ether oxygens (including phenoxy) is 6. The van der Waals surface area contributed by atoms with E-state index in [-0.39, 0.29) is 46.7 Å². The van der Waals surface area contributed by atoms with E-state index in [1.165, 1.54) is 0 Å². The number of aliphatic hydroxyl groups excluding tert-OH is 10. The Bertz CT molecular complexity index is 1780. The Kier molecular flexibility index (Phi) is 13.4. The van der Waals surface area contributed by atoms with Crippen LogP contribution in [0, 0.1) is 50.7 Å². The standard InChI is InChI=1S/C47H76O18/c1-21-10-15-47(41(58)65-40-36(57)33(54)31(52)25(63-40)20-61-38-35(56)32(53)30(51)24(18-48)62-38)17-16-44(5)22(37(47)46(21,7)59)8-9-27-43(4)13-12-28(42(2,3)26(43)11-14-45(27,44)6)64-39-34(55)29(50)23(49)19-60-39/h8,21,23-40,48-57,59H,9-20H2,1-7H3/t21-,23-,24-,25-,26+,27-,28+,29+,30-,31-,32-,33+,34-,35-,36-,37-,38-,39+,40+,43+,44-,45-,46-,47+/m1/s1. The van der Waals surface area contributed by atoms with Gasteiger partial charge in [-0.3, -0.25) is 4.79 Å². The summed E-state index contributed by atoms with van der Waals surface area (Å²) in [4.78, 5) is 15.0. The van der Waals surface area contributed by atoms with E-state index in [1.54, 1.807) is 6.92 Å². The molecule has 3 aliphatic heterocycles. The molecule has 0 radical (unpaired) electrons. The summed E-state index contributed by atoms with van der Waals surface area (Å²) in [6.07, 6.45) is -13.6. The number of fused-ring (bicyclic) bond motifs is 7. The molecule has 0 aromatic rings. The number of hydrogen-bond acceptors (Lipinski definition) is 18. The first-order valence-corrected chi connectivity index (χ1v) is 23.9. The monoisotopic (exact) mass is 929 g/mol. The molecule has 0 bridgehead atoms. The summed E-state index contributed by atoms with van der Waals surface area (Å²) >= 11 is 0. The van der Waals surface area contributed by atoms with E-state index in [2.05, 4.69) is 40.7 Å². The van der Waals surface area contributed by atoms with Crippen molar-refractivity contribution in [1.82, 2.24) is 0 Å². The average Bonchev–Trinajstić information content (AvgIpc) is 3.25. The lowest BCUT2D eigenvalue weighted by Crippen LogP contribution is -2.68. The van der Waals surface area contributed by atoms with Gasteiger partial charge in [-0.2, -0.15) is 0 Å². The van der Waals surface area contributed by atoms with Gasteiger partial charge in [0, 0.05) is 5.92 Å². The first-order chi connectivity index (χ1) is 30.3. The van der Waals surface area contributed by atoms with Gasteiger partial charge in [0.2, 0.25) is 6.29 Å². The molecule has 0 spiro atoms. The Hall–Kier alpha value is -1.43. The van der Waals surface area contributed by atoms with Gasteiger partial charge in [0.25, 0.3) is 0 Å². The maximum Gasteiger partial charge on any atom is 0.315 e. The molecule has 8 rings (SSSR count). The van der Waals surface area contributed by atoms with Gasteiger partial charge in [-0.05, 0) is 104 Å².